The fraction of sp³-hybridized carbons (Fsp3) is 0.111. The van der Waals surface area contributed by atoms with Crippen molar-refractivity contribution in [3.63, 3.8) is 0 Å². The number of tetrazole rings is 1. The van der Waals surface area contributed by atoms with Crippen LogP contribution in [0.4, 0.5) is 0 Å². The van der Waals surface area contributed by atoms with Crippen molar-refractivity contribution in [1.29, 1.82) is 0 Å². The van der Waals surface area contributed by atoms with Crippen molar-refractivity contribution in [3.05, 3.63) is 72.1 Å². The molecule has 0 unspecified atom stereocenters. The first-order valence-electron chi connectivity index (χ1n) is 8.25. The van der Waals surface area contributed by atoms with Crippen molar-refractivity contribution in [3.8, 4) is 5.69 Å². The van der Waals surface area contributed by atoms with E-state index in [1.807, 2.05) is 0 Å². The van der Waals surface area contributed by atoms with E-state index in [1.165, 1.54) is 24.0 Å². The normalized spacial score (nSPS) is 11.3. The number of hydrogen-bond donors (Lipinski definition) is 2. The van der Waals surface area contributed by atoms with E-state index in [4.69, 9.17) is 4.74 Å². The monoisotopic (exact) mass is 380 g/mol. The molecule has 0 aliphatic rings. The van der Waals surface area contributed by atoms with E-state index in [0.29, 0.717) is 11.3 Å². The standard InChI is InChI=1S/C18H16N6O4/c1-12(16(25)20-21-17(26)13-7-3-2-4-8-13)28-18(27)14-9-5-6-10-15(14)24-11-19-22-23-24/h2-12H,1H3,(H,20,25)(H,21,26)/t12-/m0/s1. The second-order valence-electron chi connectivity index (χ2n) is 5.63. The molecule has 0 fully saturated rings. The van der Waals surface area contributed by atoms with Gasteiger partial charge in [-0.2, -0.15) is 4.68 Å². The molecule has 2 amide bonds. The molecule has 1 atom stereocenters. The van der Waals surface area contributed by atoms with Gasteiger partial charge in [-0.1, -0.05) is 30.3 Å². The summed E-state index contributed by atoms with van der Waals surface area (Å²) in [6.45, 7) is 1.39. The van der Waals surface area contributed by atoms with Gasteiger partial charge in [0.05, 0.1) is 11.3 Å². The summed E-state index contributed by atoms with van der Waals surface area (Å²) in [5, 5.41) is 10.8. The molecular weight excluding hydrogens is 364 g/mol. The first kappa shape index (κ1) is 18.7. The summed E-state index contributed by atoms with van der Waals surface area (Å²) in [7, 11) is 0. The zero-order valence-corrected chi connectivity index (χ0v) is 14.8. The lowest BCUT2D eigenvalue weighted by Crippen LogP contribution is -2.46. The number of para-hydroxylation sites is 1. The van der Waals surface area contributed by atoms with Gasteiger partial charge < -0.3 is 4.74 Å². The number of aromatic nitrogens is 4. The van der Waals surface area contributed by atoms with Crippen LogP contribution in [0.2, 0.25) is 0 Å². The maximum Gasteiger partial charge on any atom is 0.341 e. The van der Waals surface area contributed by atoms with Crippen molar-refractivity contribution in [1.82, 2.24) is 31.1 Å². The summed E-state index contributed by atoms with van der Waals surface area (Å²) in [6, 6.07) is 14.9. The zero-order chi connectivity index (χ0) is 19.9. The number of carbonyl (C=O) groups is 3. The Hall–Kier alpha value is -4.08. The first-order valence-corrected chi connectivity index (χ1v) is 8.25. The van der Waals surface area contributed by atoms with Gasteiger partial charge in [0.15, 0.2) is 6.10 Å². The van der Waals surface area contributed by atoms with Crippen LogP contribution in [0, 0.1) is 0 Å². The molecule has 0 saturated heterocycles. The van der Waals surface area contributed by atoms with Gasteiger partial charge in [-0.05, 0) is 41.6 Å². The molecule has 1 heterocycles. The molecule has 0 aliphatic carbocycles. The van der Waals surface area contributed by atoms with Crippen molar-refractivity contribution >= 4 is 17.8 Å². The number of hydrogen-bond acceptors (Lipinski definition) is 7. The molecular formula is C18H16N6O4. The third-order valence-corrected chi connectivity index (χ3v) is 3.71. The lowest BCUT2D eigenvalue weighted by molar-refractivity contribution is -0.129. The van der Waals surface area contributed by atoms with E-state index in [2.05, 4.69) is 26.4 Å². The minimum Gasteiger partial charge on any atom is -0.449 e. The van der Waals surface area contributed by atoms with E-state index >= 15 is 0 Å². The quantitative estimate of drug-likeness (QED) is 0.492. The minimum atomic E-state index is -1.15. The van der Waals surface area contributed by atoms with Crippen LogP contribution in [0.1, 0.15) is 27.6 Å². The summed E-state index contributed by atoms with van der Waals surface area (Å²) in [6.07, 6.45) is 0.187. The van der Waals surface area contributed by atoms with Gasteiger partial charge >= 0.3 is 5.97 Å². The van der Waals surface area contributed by atoms with Gasteiger partial charge in [0.2, 0.25) is 0 Å². The van der Waals surface area contributed by atoms with Crippen LogP contribution in [0.3, 0.4) is 0 Å². The van der Waals surface area contributed by atoms with Gasteiger partial charge in [-0.25, -0.2) is 4.79 Å². The molecule has 10 heteroatoms. The molecule has 0 saturated carbocycles. The average Bonchev–Trinajstić information content (AvgIpc) is 3.27. The largest absolute Gasteiger partial charge is 0.449 e. The molecule has 2 N–H and O–H groups in total. The number of nitrogens with one attached hydrogen (secondary N) is 2. The maximum absolute atomic E-state index is 12.5. The predicted molar refractivity (Wildman–Crippen MR) is 96.1 cm³/mol. The zero-order valence-electron chi connectivity index (χ0n) is 14.8. The Kier molecular flexibility index (Phi) is 5.70. The van der Waals surface area contributed by atoms with Crippen LogP contribution >= 0.6 is 0 Å². The lowest BCUT2D eigenvalue weighted by Gasteiger charge is -2.15. The number of nitrogens with zero attached hydrogens (tertiary/aromatic N) is 4. The summed E-state index contributed by atoms with van der Waals surface area (Å²) in [5.41, 5.74) is 5.46. The lowest BCUT2D eigenvalue weighted by atomic mass is 10.2. The third-order valence-electron chi connectivity index (χ3n) is 3.71. The van der Waals surface area contributed by atoms with E-state index in [-0.39, 0.29) is 5.56 Å². The highest BCUT2D eigenvalue weighted by Crippen LogP contribution is 2.14. The number of carbonyl (C=O) groups excluding carboxylic acids is 3. The van der Waals surface area contributed by atoms with Gasteiger partial charge in [-0.3, -0.25) is 20.4 Å². The Morgan fingerprint density at radius 1 is 1.00 bits per heavy atom. The van der Waals surface area contributed by atoms with Crippen LogP contribution in [0.25, 0.3) is 5.69 Å². The average molecular weight is 380 g/mol. The van der Waals surface area contributed by atoms with Gasteiger partial charge in [0, 0.05) is 5.56 Å². The van der Waals surface area contributed by atoms with Crippen molar-refractivity contribution in [2.24, 2.45) is 0 Å². The summed E-state index contributed by atoms with van der Waals surface area (Å²) < 4.78 is 6.50. The first-order chi connectivity index (χ1) is 13.6. The Morgan fingerprint density at radius 2 is 1.71 bits per heavy atom. The Morgan fingerprint density at radius 3 is 2.43 bits per heavy atom. The molecule has 0 radical (unpaired) electrons. The topological polar surface area (TPSA) is 128 Å². The number of ether oxygens (including phenoxy) is 1. The van der Waals surface area contributed by atoms with E-state index in [1.54, 1.807) is 48.5 Å². The molecule has 3 aromatic rings. The summed E-state index contributed by atoms with van der Waals surface area (Å²) in [4.78, 5) is 36.5. The molecule has 1 aromatic heterocycles. The van der Waals surface area contributed by atoms with Gasteiger partial charge in [0.25, 0.3) is 11.8 Å². The number of benzene rings is 2. The fourth-order valence-electron chi connectivity index (χ4n) is 2.28. The molecule has 0 aliphatic heterocycles. The number of hydrazine groups is 1. The number of amides is 2. The minimum absolute atomic E-state index is 0.183. The smallest absolute Gasteiger partial charge is 0.341 e. The molecule has 10 nitrogen and oxygen atoms in total. The maximum atomic E-state index is 12.5. The van der Waals surface area contributed by atoms with Crippen molar-refractivity contribution in [2.75, 3.05) is 0 Å². The van der Waals surface area contributed by atoms with Crippen LogP contribution in [0.15, 0.2) is 60.9 Å². The molecule has 142 valence electrons. The molecule has 0 bridgehead atoms. The SMILES string of the molecule is C[C@H](OC(=O)c1ccccc1-n1cnnn1)C(=O)NNC(=O)c1ccccc1. The molecule has 2 aromatic carbocycles. The highest BCUT2D eigenvalue weighted by atomic mass is 16.5. The van der Waals surface area contributed by atoms with E-state index in [9.17, 15) is 14.4 Å². The Labute approximate surface area is 159 Å². The Balaban J connectivity index is 1.60. The number of esters is 1. The van der Waals surface area contributed by atoms with Gasteiger partial charge in [-0.15, -0.1) is 5.10 Å². The highest BCUT2D eigenvalue weighted by Gasteiger charge is 2.22. The molecule has 28 heavy (non-hydrogen) atoms. The Bertz CT molecular complexity index is 975. The van der Waals surface area contributed by atoms with Crippen LogP contribution < -0.4 is 10.9 Å². The van der Waals surface area contributed by atoms with E-state index in [0.717, 1.165) is 0 Å². The van der Waals surface area contributed by atoms with Crippen molar-refractivity contribution in [2.45, 2.75) is 13.0 Å². The van der Waals surface area contributed by atoms with Gasteiger partial charge in [0.1, 0.15) is 6.33 Å². The summed E-state index contributed by atoms with van der Waals surface area (Å²) in [5.74, 6) is -1.91. The third kappa shape index (κ3) is 4.36. The fourth-order valence-corrected chi connectivity index (χ4v) is 2.28. The predicted octanol–water partition coefficient (Wildman–Crippen LogP) is 0.669. The van der Waals surface area contributed by atoms with Crippen LogP contribution in [-0.2, 0) is 9.53 Å². The van der Waals surface area contributed by atoms with Crippen molar-refractivity contribution < 1.29 is 19.1 Å². The second-order valence-corrected chi connectivity index (χ2v) is 5.63. The summed E-state index contributed by atoms with van der Waals surface area (Å²) >= 11 is 0. The molecule has 0 spiro atoms. The number of rotatable bonds is 5. The van der Waals surface area contributed by atoms with Crippen LogP contribution in [-0.4, -0.2) is 44.1 Å². The van der Waals surface area contributed by atoms with E-state index < -0.39 is 23.9 Å². The molecule has 3 rings (SSSR count). The highest BCUT2D eigenvalue weighted by molar-refractivity contribution is 5.97. The van der Waals surface area contributed by atoms with Crippen LogP contribution in [0.5, 0.6) is 0 Å². The second kappa shape index (κ2) is 8.54.